The van der Waals surface area contributed by atoms with Crippen molar-refractivity contribution in [3.63, 3.8) is 0 Å². The number of nitrogens with zero attached hydrogens (tertiary/aromatic N) is 1. The second-order valence-electron chi connectivity index (χ2n) is 1.30. The van der Waals surface area contributed by atoms with Gasteiger partial charge in [-0.2, -0.15) is 0 Å². The van der Waals surface area contributed by atoms with E-state index < -0.39 is 0 Å². The number of aromatic nitrogens is 1. The summed E-state index contributed by atoms with van der Waals surface area (Å²) in [5.74, 6) is 0. The molecular weight excluding hydrogens is 152 g/mol. The molecule has 0 aliphatic rings. The van der Waals surface area contributed by atoms with Gasteiger partial charge in [-0.15, -0.1) is 0 Å². The third-order valence-corrected chi connectivity index (χ3v) is 0.892. The molecule has 0 bridgehead atoms. The van der Waals surface area contributed by atoms with E-state index in [2.05, 4.69) is 10.7 Å². The third-order valence-electron chi connectivity index (χ3n) is 0.640. The van der Waals surface area contributed by atoms with Gasteiger partial charge in [0.05, 0.1) is 0 Å². The van der Waals surface area contributed by atoms with Gasteiger partial charge in [0.1, 0.15) is 0 Å². The highest BCUT2D eigenvalue weighted by Gasteiger charge is 1.75. The van der Waals surface area contributed by atoms with Crippen molar-refractivity contribution < 1.29 is 4.79 Å². The van der Waals surface area contributed by atoms with Crippen molar-refractivity contribution in [2.45, 2.75) is 0 Å². The first-order chi connectivity index (χ1) is 4.81. The lowest BCUT2D eigenvalue weighted by Gasteiger charge is -1.79. The predicted octanol–water partition coefficient (Wildman–Crippen LogP) is 0.836. The second-order valence-corrected chi connectivity index (χ2v) is 1.74. The highest BCUT2D eigenvalue weighted by atomic mass is 35.5. The molecule has 0 atom stereocenters. The molecule has 10 heavy (non-hydrogen) atoms. The maximum Gasteiger partial charge on any atom is 0.204 e. The van der Waals surface area contributed by atoms with E-state index >= 15 is 0 Å². The van der Waals surface area contributed by atoms with Gasteiger partial charge in [-0.25, -0.2) is 0 Å². The monoisotopic (exact) mass is 158 g/mol. The average Bonchev–Trinajstić information content (AvgIpc) is 1.91. The van der Waals surface area contributed by atoms with Gasteiger partial charge in [0.15, 0.2) is 0 Å². The van der Waals surface area contributed by atoms with Crippen molar-refractivity contribution >= 4 is 18.0 Å². The Morgan fingerprint density at radius 3 is 2.10 bits per heavy atom. The molecule has 3 nitrogen and oxygen atoms in total. The summed E-state index contributed by atoms with van der Waals surface area (Å²) in [5, 5.41) is 0.731. The van der Waals surface area contributed by atoms with Crippen LogP contribution in [-0.4, -0.2) is 11.4 Å². The zero-order chi connectivity index (χ0) is 7.82. The van der Waals surface area contributed by atoms with Crippen molar-refractivity contribution in [3.05, 3.63) is 29.5 Å². The Kier molecular flexibility index (Phi) is 5.38. The van der Waals surface area contributed by atoms with Crippen LogP contribution in [0, 0.1) is 0 Å². The van der Waals surface area contributed by atoms with Crippen LogP contribution in [0.1, 0.15) is 0 Å². The fourth-order valence-electron chi connectivity index (χ4n) is 0.334. The number of hydrogen-bond donors (Lipinski definition) is 1. The van der Waals surface area contributed by atoms with Gasteiger partial charge in [-0.3, -0.25) is 9.78 Å². The lowest BCUT2D eigenvalue weighted by Crippen LogP contribution is -1.82. The average molecular weight is 159 g/mol. The quantitative estimate of drug-likeness (QED) is 0.569. The van der Waals surface area contributed by atoms with Crippen LogP contribution in [0.5, 0.6) is 0 Å². The van der Waals surface area contributed by atoms with Crippen LogP contribution < -0.4 is 5.73 Å². The van der Waals surface area contributed by atoms with Gasteiger partial charge in [0.2, 0.25) is 6.41 Å². The van der Waals surface area contributed by atoms with E-state index in [4.69, 9.17) is 16.4 Å². The molecule has 1 rings (SSSR count). The van der Waals surface area contributed by atoms with Crippen LogP contribution >= 0.6 is 11.6 Å². The maximum atomic E-state index is 8.58. The number of rotatable bonds is 0. The normalized spacial score (nSPS) is 7.30. The number of carbonyl (C=O) groups excluding carboxylic acids is 1. The van der Waals surface area contributed by atoms with Crippen molar-refractivity contribution in [2.24, 2.45) is 5.73 Å². The smallest absolute Gasteiger partial charge is 0.204 e. The van der Waals surface area contributed by atoms with Crippen LogP contribution in [-0.2, 0) is 4.79 Å². The number of pyridine rings is 1. The van der Waals surface area contributed by atoms with Crippen molar-refractivity contribution in [3.8, 4) is 0 Å². The van der Waals surface area contributed by atoms with Crippen molar-refractivity contribution in [2.75, 3.05) is 0 Å². The van der Waals surface area contributed by atoms with Gasteiger partial charge >= 0.3 is 0 Å². The minimum absolute atomic E-state index is 0.250. The molecule has 0 aromatic carbocycles. The molecule has 4 heteroatoms. The Labute approximate surface area is 63.8 Å². The lowest BCUT2D eigenvalue weighted by molar-refractivity contribution is -0.106. The molecule has 0 saturated heterocycles. The number of hydrogen-bond acceptors (Lipinski definition) is 2. The van der Waals surface area contributed by atoms with E-state index in [1.54, 1.807) is 24.5 Å². The molecule has 0 spiro atoms. The molecule has 54 valence electrons. The number of amides is 1. The van der Waals surface area contributed by atoms with Crippen molar-refractivity contribution in [1.82, 2.24) is 4.98 Å². The summed E-state index contributed by atoms with van der Waals surface area (Å²) in [5.41, 5.74) is 4.17. The second kappa shape index (κ2) is 6.04. The van der Waals surface area contributed by atoms with Gasteiger partial charge in [0.25, 0.3) is 0 Å². The summed E-state index contributed by atoms with van der Waals surface area (Å²) in [7, 11) is 0. The highest BCUT2D eigenvalue weighted by Crippen LogP contribution is 2.01. The number of nitrogens with two attached hydrogens (primary N) is 1. The first-order valence-electron chi connectivity index (χ1n) is 2.52. The van der Waals surface area contributed by atoms with E-state index in [9.17, 15) is 0 Å². The van der Waals surface area contributed by atoms with Crippen LogP contribution in [0.25, 0.3) is 0 Å². The van der Waals surface area contributed by atoms with E-state index in [1.165, 1.54) is 0 Å². The maximum absolute atomic E-state index is 8.58. The molecule has 0 fully saturated rings. The standard InChI is InChI=1S/C5H4ClN.CH3NO/c6-5-1-3-7-4-2-5;2-1-3/h1-4H;1H,(H2,2,3). The minimum Gasteiger partial charge on any atom is -0.372 e. The molecule has 0 saturated carbocycles. The molecule has 0 aliphatic carbocycles. The first-order valence-corrected chi connectivity index (χ1v) is 2.90. The lowest BCUT2D eigenvalue weighted by atomic mass is 10.5. The largest absolute Gasteiger partial charge is 0.372 e. The van der Waals surface area contributed by atoms with E-state index in [0.29, 0.717) is 0 Å². The van der Waals surface area contributed by atoms with Crippen LogP contribution in [0.3, 0.4) is 0 Å². The molecule has 1 aromatic heterocycles. The summed E-state index contributed by atoms with van der Waals surface area (Å²) in [4.78, 5) is 12.3. The summed E-state index contributed by atoms with van der Waals surface area (Å²) in [6, 6.07) is 3.48. The highest BCUT2D eigenvalue weighted by molar-refractivity contribution is 6.30. The Balaban J connectivity index is 0.000000236. The summed E-state index contributed by atoms with van der Waals surface area (Å²) in [6.45, 7) is 0. The Morgan fingerprint density at radius 2 is 1.90 bits per heavy atom. The summed E-state index contributed by atoms with van der Waals surface area (Å²) < 4.78 is 0. The van der Waals surface area contributed by atoms with Gasteiger partial charge in [-0.05, 0) is 12.1 Å². The fraction of sp³-hybridized carbons (Fsp3) is 0. The first kappa shape index (κ1) is 8.91. The molecule has 1 heterocycles. The topological polar surface area (TPSA) is 56.0 Å². The van der Waals surface area contributed by atoms with E-state index in [1.807, 2.05) is 0 Å². The summed E-state index contributed by atoms with van der Waals surface area (Å²) in [6.07, 6.45) is 3.56. The van der Waals surface area contributed by atoms with Gasteiger partial charge in [0, 0.05) is 17.4 Å². The number of primary amides is 1. The zero-order valence-corrected chi connectivity index (χ0v) is 5.95. The predicted molar refractivity (Wildman–Crippen MR) is 39.5 cm³/mol. The molecular formula is C6H7ClN2O. The SMILES string of the molecule is Clc1ccncc1.NC=O. The molecule has 0 radical (unpaired) electrons. The van der Waals surface area contributed by atoms with Crippen LogP contribution in [0.2, 0.25) is 5.02 Å². The molecule has 1 amide bonds. The van der Waals surface area contributed by atoms with E-state index in [0.717, 1.165) is 5.02 Å². The third kappa shape index (κ3) is 5.05. The Bertz CT molecular complexity index is 178. The van der Waals surface area contributed by atoms with Gasteiger partial charge in [-0.1, -0.05) is 11.6 Å². The van der Waals surface area contributed by atoms with E-state index in [-0.39, 0.29) is 6.41 Å². The van der Waals surface area contributed by atoms with Crippen molar-refractivity contribution in [1.29, 1.82) is 0 Å². The molecule has 0 unspecified atom stereocenters. The molecule has 0 aliphatic heterocycles. The minimum atomic E-state index is 0.250. The summed E-state index contributed by atoms with van der Waals surface area (Å²) >= 11 is 5.50. The Hall–Kier alpha value is -1.09. The Morgan fingerprint density at radius 1 is 1.50 bits per heavy atom. The van der Waals surface area contributed by atoms with Crippen LogP contribution in [0.15, 0.2) is 24.5 Å². The molecule has 1 aromatic rings. The number of carbonyl (C=O) groups is 1. The van der Waals surface area contributed by atoms with Gasteiger partial charge < -0.3 is 5.73 Å². The fourth-order valence-corrected chi connectivity index (χ4v) is 0.446. The zero-order valence-electron chi connectivity index (χ0n) is 5.20. The number of halogens is 1. The molecule has 2 N–H and O–H groups in total. The van der Waals surface area contributed by atoms with Crippen LogP contribution in [0.4, 0.5) is 0 Å².